The van der Waals surface area contributed by atoms with Crippen molar-refractivity contribution in [2.45, 2.75) is 18.5 Å². The van der Waals surface area contributed by atoms with E-state index in [0.717, 1.165) is 0 Å². The summed E-state index contributed by atoms with van der Waals surface area (Å²) in [5.74, 6) is -1.26. The number of carbonyl (C=O) groups excluding carboxylic acids is 4. The van der Waals surface area contributed by atoms with Gasteiger partial charge in [-0.3, -0.25) is 14.4 Å². The number of hydrogen-bond donors (Lipinski definition) is 4. The molecule has 2 atom stereocenters. The molecule has 1 aliphatic rings. The molecule has 8 nitrogen and oxygen atoms in total. The molecule has 0 aliphatic carbocycles. The van der Waals surface area contributed by atoms with Gasteiger partial charge >= 0.3 is 0 Å². The van der Waals surface area contributed by atoms with E-state index in [1.807, 2.05) is 0 Å². The Morgan fingerprint density at radius 3 is 2.35 bits per heavy atom. The van der Waals surface area contributed by atoms with Gasteiger partial charge in [0.15, 0.2) is 5.78 Å². The van der Waals surface area contributed by atoms with Crippen LogP contribution in [0.3, 0.4) is 0 Å². The molecule has 1 rings (SSSR count). The second-order valence-electron chi connectivity index (χ2n) is 3.91. The molecule has 1 heterocycles. The summed E-state index contributed by atoms with van der Waals surface area (Å²) in [7, 11) is 0. The van der Waals surface area contributed by atoms with Crippen molar-refractivity contribution in [3.05, 3.63) is 0 Å². The van der Waals surface area contributed by atoms with Crippen molar-refractivity contribution in [2.24, 2.45) is 5.73 Å². The van der Waals surface area contributed by atoms with E-state index in [1.54, 1.807) is 6.29 Å². The standard InChI is InChI=1S/C10H15N4O4.H2S.Y/c11-7-2-13-10(18)4-14-9(17)1-6(5-15)12-3-8(7)16;;/h6-7,12H,1-4,11H2,(H,13,18)(H,14,17);1H2;/q-1;;/p-1. The van der Waals surface area contributed by atoms with Crippen molar-refractivity contribution >= 4 is 37.4 Å². The molecule has 5 N–H and O–H groups in total. The topological polar surface area (TPSA) is 130 Å². The molecular formula is C10H16N4O4SY-2. The SMILES string of the molecule is NC1CNC(=O)CNC(=O)CC([C-]=O)NCC1=O.[SH-].[Y]. The van der Waals surface area contributed by atoms with Gasteiger partial charge in [-0.1, -0.05) is 6.04 Å². The van der Waals surface area contributed by atoms with Crippen molar-refractivity contribution < 1.29 is 51.9 Å². The van der Waals surface area contributed by atoms with Crippen molar-refractivity contribution in [3.8, 4) is 0 Å². The first-order valence-electron chi connectivity index (χ1n) is 5.45. The van der Waals surface area contributed by atoms with Crippen LogP contribution in [-0.2, 0) is 65.4 Å². The number of nitrogens with two attached hydrogens (primary N) is 1. The molecule has 0 aromatic heterocycles. The third kappa shape index (κ3) is 8.06. The predicted octanol–water partition coefficient (Wildman–Crippen LogP) is -3.69. The molecule has 111 valence electrons. The minimum atomic E-state index is -0.886. The van der Waals surface area contributed by atoms with Gasteiger partial charge in [0, 0.05) is 45.7 Å². The van der Waals surface area contributed by atoms with E-state index in [-0.39, 0.29) is 78.0 Å². The van der Waals surface area contributed by atoms with E-state index < -0.39 is 23.9 Å². The van der Waals surface area contributed by atoms with Crippen LogP contribution >= 0.6 is 0 Å². The second-order valence-corrected chi connectivity index (χ2v) is 3.91. The van der Waals surface area contributed by atoms with E-state index in [2.05, 4.69) is 16.0 Å². The molecule has 2 unspecified atom stereocenters. The summed E-state index contributed by atoms with van der Waals surface area (Å²) in [6.07, 6.45) is 1.44. The fraction of sp³-hybridized carbons (Fsp3) is 0.600. The van der Waals surface area contributed by atoms with Crippen molar-refractivity contribution in [3.63, 3.8) is 0 Å². The number of hydrogen-bond acceptors (Lipinski definition) is 7. The molecule has 0 bridgehead atoms. The maximum absolute atomic E-state index is 11.5. The summed E-state index contributed by atoms with van der Waals surface area (Å²) in [5.41, 5.74) is 5.54. The summed E-state index contributed by atoms with van der Waals surface area (Å²) < 4.78 is 0. The van der Waals surface area contributed by atoms with Crippen molar-refractivity contribution in [1.29, 1.82) is 0 Å². The zero-order valence-corrected chi connectivity index (χ0v) is 14.5. The average Bonchev–Trinajstić information content (AvgIpc) is 2.36. The minimum Gasteiger partial charge on any atom is -0.813 e. The van der Waals surface area contributed by atoms with E-state index in [4.69, 9.17) is 5.73 Å². The van der Waals surface area contributed by atoms with Crippen LogP contribution in [0.25, 0.3) is 0 Å². The monoisotopic (exact) mass is 377 g/mol. The van der Waals surface area contributed by atoms with Crippen LogP contribution in [0.1, 0.15) is 6.42 Å². The Kier molecular flexibility index (Phi) is 12.4. The average molecular weight is 377 g/mol. The fourth-order valence-electron chi connectivity index (χ4n) is 1.35. The molecule has 0 spiro atoms. The van der Waals surface area contributed by atoms with Gasteiger partial charge in [0.1, 0.15) is 0 Å². The number of Topliss-reactive ketones (excluding diaryl/α,β-unsaturated/α-hetero) is 1. The first kappa shape index (κ1) is 21.9. The summed E-state index contributed by atoms with van der Waals surface area (Å²) in [5, 5.41) is 7.35. The van der Waals surface area contributed by atoms with Crippen LogP contribution in [0.5, 0.6) is 0 Å². The number of ketones is 1. The van der Waals surface area contributed by atoms with Crippen LogP contribution in [0.4, 0.5) is 0 Å². The largest absolute Gasteiger partial charge is 0.813 e. The third-order valence-electron chi connectivity index (χ3n) is 2.43. The van der Waals surface area contributed by atoms with Crippen molar-refractivity contribution in [2.75, 3.05) is 19.6 Å². The summed E-state index contributed by atoms with van der Waals surface area (Å²) >= 11 is 0. The zero-order valence-electron chi connectivity index (χ0n) is 10.7. The Balaban J connectivity index is 0. The molecule has 1 radical (unpaired) electrons. The Bertz CT molecular complexity index is 369. The maximum Gasteiger partial charge on any atom is 0.239 e. The molecule has 20 heavy (non-hydrogen) atoms. The molecular weight excluding hydrogens is 361 g/mol. The minimum absolute atomic E-state index is 0. The molecule has 0 aromatic rings. The van der Waals surface area contributed by atoms with Gasteiger partial charge in [-0.15, -0.1) is 0 Å². The Hall–Kier alpha value is -0.346. The van der Waals surface area contributed by atoms with Gasteiger partial charge in [0.25, 0.3) is 0 Å². The second kappa shape index (κ2) is 11.3. The van der Waals surface area contributed by atoms with E-state index in [0.29, 0.717) is 0 Å². The molecule has 1 aliphatic heterocycles. The van der Waals surface area contributed by atoms with Gasteiger partial charge in [-0.05, 0) is 0 Å². The van der Waals surface area contributed by atoms with Crippen LogP contribution in [0.2, 0.25) is 0 Å². The molecule has 0 aromatic carbocycles. The van der Waals surface area contributed by atoms with Crippen LogP contribution in [-0.4, -0.2) is 55.6 Å². The number of nitrogens with one attached hydrogen (secondary N) is 3. The molecule has 1 fully saturated rings. The van der Waals surface area contributed by atoms with E-state index in [1.165, 1.54) is 0 Å². The first-order chi connectivity index (χ1) is 8.52. The van der Waals surface area contributed by atoms with Gasteiger partial charge in [-0.2, -0.15) is 0 Å². The molecule has 1 saturated heterocycles. The van der Waals surface area contributed by atoms with Crippen LogP contribution < -0.4 is 21.7 Å². The van der Waals surface area contributed by atoms with E-state index in [9.17, 15) is 19.2 Å². The van der Waals surface area contributed by atoms with Crippen molar-refractivity contribution in [1.82, 2.24) is 16.0 Å². The van der Waals surface area contributed by atoms with Gasteiger partial charge < -0.3 is 40.0 Å². The number of rotatable bonds is 1. The number of carbonyl (C=O) groups is 3. The smallest absolute Gasteiger partial charge is 0.239 e. The van der Waals surface area contributed by atoms with Gasteiger partial charge in [-0.25, -0.2) is 6.29 Å². The Morgan fingerprint density at radius 1 is 1.10 bits per heavy atom. The van der Waals surface area contributed by atoms with Crippen LogP contribution in [0.15, 0.2) is 0 Å². The zero-order chi connectivity index (χ0) is 13.5. The van der Waals surface area contributed by atoms with E-state index >= 15 is 0 Å². The Labute approximate surface area is 148 Å². The summed E-state index contributed by atoms with van der Waals surface area (Å²) in [6.45, 7) is -0.375. The quantitative estimate of drug-likeness (QED) is 0.210. The first-order valence-corrected chi connectivity index (χ1v) is 5.45. The molecule has 0 saturated carbocycles. The summed E-state index contributed by atoms with van der Waals surface area (Å²) in [6, 6.07) is -1.73. The summed E-state index contributed by atoms with van der Waals surface area (Å²) in [4.78, 5) is 44.7. The Morgan fingerprint density at radius 2 is 1.75 bits per heavy atom. The molecule has 10 heteroatoms. The maximum atomic E-state index is 11.5. The third-order valence-corrected chi connectivity index (χ3v) is 2.43. The number of thiol groups is 1. The molecule has 2 amide bonds. The van der Waals surface area contributed by atoms with Crippen LogP contribution in [0, 0.1) is 0 Å². The van der Waals surface area contributed by atoms with Gasteiger partial charge in [0.05, 0.1) is 19.1 Å². The van der Waals surface area contributed by atoms with Gasteiger partial charge in [0.2, 0.25) is 11.8 Å². The normalized spacial score (nSPS) is 24.8. The fourth-order valence-corrected chi connectivity index (χ4v) is 1.35. The number of amides is 2. The predicted molar refractivity (Wildman–Crippen MR) is 69.9 cm³/mol.